The van der Waals surface area contributed by atoms with Crippen molar-refractivity contribution in [1.82, 2.24) is 0 Å². The monoisotopic (exact) mass is 371 g/mol. The lowest BCUT2D eigenvalue weighted by Gasteiger charge is -2.29. The van der Waals surface area contributed by atoms with E-state index in [0.717, 1.165) is 5.56 Å². The molecular formula is C16H15Cl2NO3S. The maximum absolute atomic E-state index is 12.7. The normalized spacial score (nSPS) is 17.2. The number of benzene rings is 2. The van der Waals surface area contributed by atoms with Crippen molar-refractivity contribution in [2.45, 2.75) is 13.2 Å². The largest absolute Gasteiger partial charge is 0.376 e. The Hall–Kier alpha value is -1.27. The summed E-state index contributed by atoms with van der Waals surface area (Å²) in [5.41, 5.74) is 2.16. The lowest BCUT2D eigenvalue weighted by atomic mass is 10.1. The zero-order valence-corrected chi connectivity index (χ0v) is 14.5. The number of rotatable bonds is 2. The van der Waals surface area contributed by atoms with Gasteiger partial charge in [-0.3, -0.25) is 4.31 Å². The maximum atomic E-state index is 12.7. The summed E-state index contributed by atoms with van der Waals surface area (Å²) in [6.45, 7) is 0.716. The molecule has 0 saturated carbocycles. The van der Waals surface area contributed by atoms with E-state index in [0.29, 0.717) is 27.9 Å². The van der Waals surface area contributed by atoms with E-state index < -0.39 is 10.0 Å². The number of ether oxygens (including phenoxy) is 1. The molecule has 1 aliphatic heterocycles. The smallest absolute Gasteiger partial charge is 0.237 e. The van der Waals surface area contributed by atoms with E-state index in [1.165, 1.54) is 4.31 Å². The SMILES string of the molecule is O=S1(=O)CCOCc2ccccc2N1Cc1ccc(Cl)cc1Cl. The molecule has 0 radical (unpaired) electrons. The average Bonchev–Trinajstić information content (AvgIpc) is 2.50. The van der Waals surface area contributed by atoms with Gasteiger partial charge in [0, 0.05) is 15.6 Å². The molecule has 0 amide bonds. The highest BCUT2D eigenvalue weighted by molar-refractivity contribution is 7.92. The van der Waals surface area contributed by atoms with Gasteiger partial charge in [-0.2, -0.15) is 0 Å². The third kappa shape index (κ3) is 3.63. The predicted molar refractivity (Wildman–Crippen MR) is 92.5 cm³/mol. The summed E-state index contributed by atoms with van der Waals surface area (Å²) in [5.74, 6) is -0.0630. The van der Waals surface area contributed by atoms with Crippen molar-refractivity contribution in [1.29, 1.82) is 0 Å². The second kappa shape index (κ2) is 6.69. The van der Waals surface area contributed by atoms with Crippen molar-refractivity contribution in [2.75, 3.05) is 16.7 Å². The molecule has 0 aliphatic carbocycles. The minimum absolute atomic E-state index is 0.0630. The van der Waals surface area contributed by atoms with Crippen LogP contribution in [0.2, 0.25) is 10.0 Å². The third-order valence-corrected chi connectivity index (χ3v) is 5.94. The van der Waals surface area contributed by atoms with Crippen molar-refractivity contribution >= 4 is 38.9 Å². The van der Waals surface area contributed by atoms with Crippen LogP contribution in [0.4, 0.5) is 5.69 Å². The molecule has 1 heterocycles. The van der Waals surface area contributed by atoms with Crippen molar-refractivity contribution < 1.29 is 13.2 Å². The van der Waals surface area contributed by atoms with Gasteiger partial charge in [-0.1, -0.05) is 47.5 Å². The molecule has 0 bridgehead atoms. The summed E-state index contributed by atoms with van der Waals surface area (Å²) in [7, 11) is -3.51. The molecule has 0 spiro atoms. The van der Waals surface area contributed by atoms with Gasteiger partial charge in [-0.05, 0) is 23.8 Å². The standard InChI is InChI=1S/C16H15Cl2NO3S/c17-14-6-5-12(15(18)9-14)10-19-16-4-2-1-3-13(16)11-22-7-8-23(19,20)21/h1-6,9H,7-8,10-11H2. The van der Waals surface area contributed by atoms with E-state index in [1.807, 2.05) is 18.2 Å². The van der Waals surface area contributed by atoms with Crippen LogP contribution in [-0.2, 0) is 27.9 Å². The number of halogens is 2. The zero-order chi connectivity index (χ0) is 16.4. The highest BCUT2D eigenvalue weighted by Crippen LogP contribution is 2.30. The van der Waals surface area contributed by atoms with Crippen LogP contribution >= 0.6 is 23.2 Å². The highest BCUT2D eigenvalue weighted by atomic mass is 35.5. The minimum Gasteiger partial charge on any atom is -0.376 e. The van der Waals surface area contributed by atoms with Crippen LogP contribution < -0.4 is 4.31 Å². The Balaban J connectivity index is 2.06. The molecule has 3 rings (SSSR count). The predicted octanol–water partition coefficient (Wildman–Crippen LogP) is 3.86. The summed E-state index contributed by atoms with van der Waals surface area (Å²) < 4.78 is 32.2. The van der Waals surface area contributed by atoms with Crippen LogP contribution in [0.3, 0.4) is 0 Å². The zero-order valence-electron chi connectivity index (χ0n) is 12.2. The van der Waals surface area contributed by atoms with Crippen LogP contribution in [0, 0.1) is 0 Å². The van der Waals surface area contributed by atoms with Crippen LogP contribution in [0.15, 0.2) is 42.5 Å². The van der Waals surface area contributed by atoms with Crippen molar-refractivity contribution in [3.05, 3.63) is 63.6 Å². The second-order valence-electron chi connectivity index (χ2n) is 5.24. The Labute approximate surface area is 145 Å². The first-order chi connectivity index (χ1) is 11.0. The Kier molecular flexibility index (Phi) is 4.82. The van der Waals surface area contributed by atoms with Crippen LogP contribution in [0.1, 0.15) is 11.1 Å². The first-order valence-electron chi connectivity index (χ1n) is 7.07. The van der Waals surface area contributed by atoms with Crippen LogP contribution in [-0.4, -0.2) is 20.8 Å². The number of hydrogen-bond donors (Lipinski definition) is 0. The lowest BCUT2D eigenvalue weighted by molar-refractivity contribution is 0.135. The molecule has 23 heavy (non-hydrogen) atoms. The molecule has 0 aromatic heterocycles. The van der Waals surface area contributed by atoms with E-state index in [4.69, 9.17) is 27.9 Å². The first kappa shape index (κ1) is 16.6. The summed E-state index contributed by atoms with van der Waals surface area (Å²) >= 11 is 12.1. The van der Waals surface area contributed by atoms with E-state index in [2.05, 4.69) is 0 Å². The van der Waals surface area contributed by atoms with Gasteiger partial charge in [0.05, 0.1) is 31.2 Å². The number of sulfonamides is 1. The fourth-order valence-electron chi connectivity index (χ4n) is 2.47. The summed E-state index contributed by atoms with van der Waals surface area (Å²) in [6, 6.07) is 12.4. The number of para-hydroxylation sites is 1. The van der Waals surface area contributed by atoms with E-state index >= 15 is 0 Å². The molecule has 0 N–H and O–H groups in total. The van der Waals surface area contributed by atoms with E-state index in [-0.39, 0.29) is 18.9 Å². The molecule has 0 atom stereocenters. The molecule has 1 aliphatic rings. The number of anilines is 1. The molecule has 0 saturated heterocycles. The van der Waals surface area contributed by atoms with Gasteiger partial charge in [0.15, 0.2) is 0 Å². The van der Waals surface area contributed by atoms with Gasteiger partial charge in [0.25, 0.3) is 0 Å². The van der Waals surface area contributed by atoms with Gasteiger partial charge in [0.1, 0.15) is 0 Å². The van der Waals surface area contributed by atoms with Crippen LogP contribution in [0.5, 0.6) is 0 Å². The quantitative estimate of drug-likeness (QED) is 0.804. The average molecular weight is 372 g/mol. The Morgan fingerprint density at radius 3 is 2.70 bits per heavy atom. The van der Waals surface area contributed by atoms with Crippen molar-refractivity contribution in [3.8, 4) is 0 Å². The lowest BCUT2D eigenvalue weighted by Crippen LogP contribution is -2.36. The van der Waals surface area contributed by atoms with Gasteiger partial charge in [0.2, 0.25) is 10.0 Å². The van der Waals surface area contributed by atoms with E-state index in [9.17, 15) is 8.42 Å². The Bertz CT molecular complexity index is 824. The Morgan fingerprint density at radius 1 is 1.13 bits per heavy atom. The molecule has 0 fully saturated rings. The maximum Gasteiger partial charge on any atom is 0.237 e. The van der Waals surface area contributed by atoms with Crippen molar-refractivity contribution in [3.63, 3.8) is 0 Å². The van der Waals surface area contributed by atoms with Crippen LogP contribution in [0.25, 0.3) is 0 Å². The molecule has 4 nitrogen and oxygen atoms in total. The van der Waals surface area contributed by atoms with Gasteiger partial charge >= 0.3 is 0 Å². The molecule has 122 valence electrons. The first-order valence-corrected chi connectivity index (χ1v) is 9.44. The highest BCUT2D eigenvalue weighted by Gasteiger charge is 2.27. The molecular weight excluding hydrogens is 357 g/mol. The van der Waals surface area contributed by atoms with E-state index in [1.54, 1.807) is 24.3 Å². The Morgan fingerprint density at radius 2 is 1.91 bits per heavy atom. The number of nitrogens with zero attached hydrogens (tertiary/aromatic N) is 1. The van der Waals surface area contributed by atoms with Gasteiger partial charge in [-0.25, -0.2) is 8.42 Å². The number of hydrogen-bond acceptors (Lipinski definition) is 3. The summed E-state index contributed by atoms with van der Waals surface area (Å²) in [5, 5.41) is 0.964. The van der Waals surface area contributed by atoms with Crippen molar-refractivity contribution in [2.24, 2.45) is 0 Å². The van der Waals surface area contributed by atoms with Gasteiger partial charge < -0.3 is 4.74 Å². The molecule has 7 heteroatoms. The molecule has 2 aromatic rings. The second-order valence-corrected chi connectivity index (χ2v) is 8.10. The topological polar surface area (TPSA) is 46.6 Å². The fourth-order valence-corrected chi connectivity index (χ4v) is 4.30. The summed E-state index contributed by atoms with van der Waals surface area (Å²) in [4.78, 5) is 0. The minimum atomic E-state index is -3.51. The summed E-state index contributed by atoms with van der Waals surface area (Å²) in [6.07, 6.45) is 0. The molecule has 0 unspecified atom stereocenters. The number of fused-ring (bicyclic) bond motifs is 1. The fraction of sp³-hybridized carbons (Fsp3) is 0.250. The van der Waals surface area contributed by atoms with Gasteiger partial charge in [-0.15, -0.1) is 0 Å². The molecule has 2 aromatic carbocycles. The third-order valence-electron chi connectivity index (χ3n) is 3.67.